The molecule has 0 aliphatic heterocycles. The van der Waals surface area contributed by atoms with Crippen molar-refractivity contribution in [3.63, 3.8) is 0 Å². The molecule has 10 heteroatoms. The Hall–Kier alpha value is -1.87. The van der Waals surface area contributed by atoms with Crippen LogP contribution in [0.1, 0.15) is 5.69 Å². The van der Waals surface area contributed by atoms with Crippen molar-refractivity contribution in [3.05, 3.63) is 26.6 Å². The van der Waals surface area contributed by atoms with Crippen LogP contribution >= 0.6 is 23.1 Å². The van der Waals surface area contributed by atoms with Crippen molar-refractivity contribution in [1.29, 1.82) is 0 Å². The first-order valence-electron chi connectivity index (χ1n) is 4.89. The molecular weight excluding hydrogens is 278 g/mol. The van der Waals surface area contributed by atoms with E-state index in [2.05, 4.69) is 25.0 Å². The van der Waals surface area contributed by atoms with Gasteiger partial charge in [0.15, 0.2) is 5.65 Å². The van der Waals surface area contributed by atoms with Crippen LogP contribution in [0, 0.1) is 0 Å². The number of nitrogens with zero attached hydrogens (tertiary/aromatic N) is 7. The Labute approximate surface area is 109 Å². The molecule has 0 aliphatic rings. The van der Waals surface area contributed by atoms with Crippen LogP contribution in [0.5, 0.6) is 0 Å². The van der Waals surface area contributed by atoms with E-state index >= 15 is 0 Å². The lowest BCUT2D eigenvalue weighted by molar-refractivity contribution is 0.586. The summed E-state index contributed by atoms with van der Waals surface area (Å²) in [4.78, 5) is 12.1. The first-order valence-corrected chi connectivity index (χ1v) is 6.04. The third kappa shape index (κ3) is 1.68. The van der Waals surface area contributed by atoms with E-state index in [9.17, 15) is 4.79 Å². The van der Waals surface area contributed by atoms with Gasteiger partial charge in [-0.2, -0.15) is 5.10 Å². The zero-order valence-electron chi connectivity index (χ0n) is 9.11. The van der Waals surface area contributed by atoms with Gasteiger partial charge < -0.3 is 0 Å². The molecule has 0 radical (unpaired) electrons. The lowest BCUT2D eigenvalue weighted by Gasteiger charge is -2.00. The van der Waals surface area contributed by atoms with Crippen LogP contribution in [0.15, 0.2) is 11.0 Å². The van der Waals surface area contributed by atoms with Gasteiger partial charge >= 0.3 is 0 Å². The highest BCUT2D eigenvalue weighted by Gasteiger charge is 2.12. The number of aryl methyl sites for hydroxylation is 1. The maximum atomic E-state index is 12.1. The highest BCUT2D eigenvalue weighted by atomic mass is 35.5. The zero-order valence-corrected chi connectivity index (χ0v) is 10.7. The third-order valence-corrected chi connectivity index (χ3v) is 3.41. The summed E-state index contributed by atoms with van der Waals surface area (Å²) in [6.45, 7) is 0.145. The van der Waals surface area contributed by atoms with Gasteiger partial charge in [-0.25, -0.2) is 9.36 Å². The van der Waals surface area contributed by atoms with Gasteiger partial charge in [-0.05, 0) is 0 Å². The molecule has 0 atom stereocenters. The molecule has 0 aliphatic carbocycles. The van der Waals surface area contributed by atoms with E-state index in [0.717, 1.165) is 11.5 Å². The second kappa shape index (κ2) is 4.10. The SMILES string of the molecule is Cn1ncc2c(=O)n(Cc3nnsc3Cl)nnc21. The highest BCUT2D eigenvalue weighted by Crippen LogP contribution is 2.17. The summed E-state index contributed by atoms with van der Waals surface area (Å²) in [6.07, 6.45) is 1.46. The maximum Gasteiger partial charge on any atom is 0.281 e. The second-order valence-corrected chi connectivity index (χ2v) is 4.91. The number of fused-ring (bicyclic) bond motifs is 1. The van der Waals surface area contributed by atoms with Crippen LogP contribution in [0.3, 0.4) is 0 Å². The first-order chi connectivity index (χ1) is 8.66. The minimum atomic E-state index is -0.280. The molecule has 0 fully saturated rings. The molecule has 0 saturated heterocycles. The minimum Gasteiger partial charge on any atom is -0.267 e. The average molecular weight is 284 g/mol. The summed E-state index contributed by atoms with van der Waals surface area (Å²) in [5, 5.41) is 16.0. The molecule has 3 rings (SSSR count). The Morgan fingerprint density at radius 1 is 1.44 bits per heavy atom. The first kappa shape index (κ1) is 11.2. The van der Waals surface area contributed by atoms with Crippen LogP contribution in [-0.2, 0) is 13.6 Å². The van der Waals surface area contributed by atoms with Crippen molar-refractivity contribution >= 4 is 34.2 Å². The van der Waals surface area contributed by atoms with E-state index in [1.165, 1.54) is 15.6 Å². The quantitative estimate of drug-likeness (QED) is 0.661. The van der Waals surface area contributed by atoms with Crippen LogP contribution in [0.2, 0.25) is 4.34 Å². The van der Waals surface area contributed by atoms with Crippen molar-refractivity contribution in [2.24, 2.45) is 7.05 Å². The fraction of sp³-hybridized carbons (Fsp3) is 0.250. The lowest BCUT2D eigenvalue weighted by Crippen LogP contribution is -2.25. The number of hydrogen-bond donors (Lipinski definition) is 0. The molecule has 0 N–H and O–H groups in total. The van der Waals surface area contributed by atoms with Crippen LogP contribution < -0.4 is 5.56 Å². The van der Waals surface area contributed by atoms with E-state index in [-0.39, 0.29) is 12.1 Å². The molecule has 0 saturated carbocycles. The summed E-state index contributed by atoms with van der Waals surface area (Å²) in [5.74, 6) is 0. The molecule has 3 aromatic rings. The highest BCUT2D eigenvalue weighted by molar-refractivity contribution is 7.10. The largest absolute Gasteiger partial charge is 0.281 e. The van der Waals surface area contributed by atoms with Crippen molar-refractivity contribution in [3.8, 4) is 0 Å². The molecule has 3 heterocycles. The molecule has 8 nitrogen and oxygen atoms in total. The molecule has 18 heavy (non-hydrogen) atoms. The van der Waals surface area contributed by atoms with E-state index in [0.29, 0.717) is 21.1 Å². The Bertz CT molecular complexity index is 775. The van der Waals surface area contributed by atoms with Crippen LogP contribution in [0.4, 0.5) is 0 Å². The topological polar surface area (TPSA) is 91.4 Å². The smallest absolute Gasteiger partial charge is 0.267 e. The van der Waals surface area contributed by atoms with Crippen LogP contribution in [-0.4, -0.2) is 34.4 Å². The van der Waals surface area contributed by atoms with Gasteiger partial charge in [0.05, 0.1) is 12.7 Å². The van der Waals surface area contributed by atoms with Gasteiger partial charge in [0, 0.05) is 18.6 Å². The number of aromatic nitrogens is 7. The number of halogens is 1. The summed E-state index contributed by atoms with van der Waals surface area (Å²) in [5.41, 5.74) is 0.664. The predicted molar refractivity (Wildman–Crippen MR) is 64.6 cm³/mol. The number of rotatable bonds is 2. The monoisotopic (exact) mass is 283 g/mol. The Morgan fingerprint density at radius 2 is 2.28 bits per heavy atom. The van der Waals surface area contributed by atoms with Gasteiger partial charge in [-0.1, -0.05) is 21.3 Å². The minimum absolute atomic E-state index is 0.145. The fourth-order valence-corrected chi connectivity index (χ4v) is 2.13. The Morgan fingerprint density at radius 3 is 3.00 bits per heavy atom. The molecule has 3 aromatic heterocycles. The molecule has 0 amide bonds. The maximum absolute atomic E-state index is 12.1. The average Bonchev–Trinajstić information content (AvgIpc) is 2.91. The van der Waals surface area contributed by atoms with Gasteiger partial charge in [-0.3, -0.25) is 4.79 Å². The summed E-state index contributed by atoms with van der Waals surface area (Å²) in [6, 6.07) is 0. The van der Waals surface area contributed by atoms with Crippen molar-refractivity contribution in [2.75, 3.05) is 0 Å². The Balaban J connectivity index is 2.11. The van der Waals surface area contributed by atoms with E-state index in [1.807, 2.05) is 0 Å². The van der Waals surface area contributed by atoms with E-state index in [1.54, 1.807) is 7.05 Å². The lowest BCUT2D eigenvalue weighted by atomic mass is 10.4. The van der Waals surface area contributed by atoms with E-state index < -0.39 is 0 Å². The fourth-order valence-electron chi connectivity index (χ4n) is 1.51. The van der Waals surface area contributed by atoms with Gasteiger partial charge in [-0.15, -0.1) is 10.2 Å². The van der Waals surface area contributed by atoms with Crippen molar-refractivity contribution in [2.45, 2.75) is 6.54 Å². The molecule has 92 valence electrons. The third-order valence-electron chi connectivity index (χ3n) is 2.43. The predicted octanol–water partition coefficient (Wildman–Crippen LogP) is 0.0782. The van der Waals surface area contributed by atoms with Gasteiger partial charge in [0.25, 0.3) is 5.56 Å². The Kier molecular flexibility index (Phi) is 2.56. The second-order valence-electron chi connectivity index (χ2n) is 3.55. The molecule has 0 bridgehead atoms. The van der Waals surface area contributed by atoms with Gasteiger partial charge in [0.1, 0.15) is 15.4 Å². The molecule has 0 unspecified atom stereocenters. The molecule has 0 aromatic carbocycles. The summed E-state index contributed by atoms with van der Waals surface area (Å²) < 4.78 is 6.81. The number of hydrogen-bond acceptors (Lipinski definition) is 7. The standard InChI is InChI=1S/C8H6ClN7OS/c1-15-7-4(2-10-15)8(17)16(13-12-7)3-5-6(9)18-14-11-5/h2H,3H2,1H3. The molecule has 0 spiro atoms. The zero-order chi connectivity index (χ0) is 12.7. The van der Waals surface area contributed by atoms with E-state index in [4.69, 9.17) is 11.6 Å². The summed E-state index contributed by atoms with van der Waals surface area (Å²) in [7, 11) is 1.70. The van der Waals surface area contributed by atoms with Crippen LogP contribution in [0.25, 0.3) is 11.0 Å². The summed E-state index contributed by atoms with van der Waals surface area (Å²) >= 11 is 6.94. The van der Waals surface area contributed by atoms with Gasteiger partial charge in [0.2, 0.25) is 0 Å². The van der Waals surface area contributed by atoms with Crippen molar-refractivity contribution < 1.29 is 0 Å². The molecular formula is C8H6ClN7OS. The van der Waals surface area contributed by atoms with Crippen molar-refractivity contribution in [1.82, 2.24) is 34.4 Å². The normalized spacial score (nSPS) is 11.2.